The van der Waals surface area contributed by atoms with Crippen molar-refractivity contribution in [1.82, 2.24) is 0 Å². The molecule has 2 nitrogen and oxygen atoms in total. The van der Waals surface area contributed by atoms with Crippen molar-refractivity contribution in [3.05, 3.63) is 0 Å². The van der Waals surface area contributed by atoms with E-state index in [2.05, 4.69) is 6.92 Å². The molecule has 0 aromatic carbocycles. The number of ether oxygens (including phenoxy) is 1. The summed E-state index contributed by atoms with van der Waals surface area (Å²) in [5.74, 6) is 0. The first-order valence-corrected chi connectivity index (χ1v) is 3.94. The molecule has 2 aliphatic rings. The molecule has 2 unspecified atom stereocenters. The van der Waals surface area contributed by atoms with E-state index in [0.717, 1.165) is 7.11 Å². The van der Waals surface area contributed by atoms with E-state index >= 15 is 0 Å². The molecule has 0 radical (unpaired) electrons. The van der Waals surface area contributed by atoms with E-state index in [1.54, 1.807) is 0 Å². The van der Waals surface area contributed by atoms with E-state index in [1.165, 1.54) is 25.7 Å². The third-order valence-electron chi connectivity index (χ3n) is 2.42. The summed E-state index contributed by atoms with van der Waals surface area (Å²) in [4.78, 5) is 0. The minimum absolute atomic E-state index is 0.345. The van der Waals surface area contributed by atoms with Gasteiger partial charge in [-0.15, -0.1) is 0 Å². The van der Waals surface area contributed by atoms with Crippen LogP contribution in [-0.4, -0.2) is 23.9 Å². The van der Waals surface area contributed by atoms with Crippen molar-refractivity contribution in [3.8, 4) is 0 Å². The fourth-order valence-electron chi connectivity index (χ4n) is 1.68. The average Bonchev–Trinajstić information content (AvgIpc) is 2.64. The van der Waals surface area contributed by atoms with E-state index in [-0.39, 0.29) is 0 Å². The van der Waals surface area contributed by atoms with Gasteiger partial charge < -0.3 is 9.84 Å². The number of hydrogen-bond donors (Lipinski definition) is 1. The molecule has 2 atom stereocenters. The molecule has 0 aromatic heterocycles. The molecule has 60 valence electrons. The Bertz CT molecular complexity index is 112. The number of hydrogen-bond acceptors (Lipinski definition) is 2. The number of rotatable bonds is 0. The zero-order valence-corrected chi connectivity index (χ0v) is 6.76. The summed E-state index contributed by atoms with van der Waals surface area (Å²) < 4.78 is 5.47. The molecular formula is C8H16O2. The Morgan fingerprint density at radius 3 is 2.50 bits per heavy atom. The zero-order valence-electron chi connectivity index (χ0n) is 6.76. The predicted molar refractivity (Wildman–Crippen MR) is 39.9 cm³/mol. The zero-order chi connectivity index (χ0) is 7.61. The summed E-state index contributed by atoms with van der Waals surface area (Å²) in [5.41, 5.74) is 0.345. The number of fused-ring (bicyclic) bond motifs is 1. The SMILES string of the molecule is CC12CCCCC1O2.CO. The summed E-state index contributed by atoms with van der Waals surface area (Å²) >= 11 is 0. The van der Waals surface area contributed by atoms with Crippen LogP contribution >= 0.6 is 0 Å². The average molecular weight is 144 g/mol. The van der Waals surface area contributed by atoms with Gasteiger partial charge in [-0.25, -0.2) is 0 Å². The molecule has 0 bridgehead atoms. The Kier molecular flexibility index (Phi) is 2.32. The summed E-state index contributed by atoms with van der Waals surface area (Å²) in [5, 5.41) is 7.00. The van der Waals surface area contributed by atoms with Crippen molar-refractivity contribution in [3.63, 3.8) is 0 Å². The lowest BCUT2D eigenvalue weighted by atomic mass is 9.91. The van der Waals surface area contributed by atoms with Crippen LogP contribution in [0.2, 0.25) is 0 Å². The van der Waals surface area contributed by atoms with Gasteiger partial charge >= 0.3 is 0 Å². The Hall–Kier alpha value is -0.0800. The molecule has 2 rings (SSSR count). The molecule has 1 aliphatic heterocycles. The standard InChI is InChI=1S/C7H12O.CH4O/c1-7-5-3-2-4-6(7)8-7;1-2/h6H,2-5H2,1H3;2H,1H3. The maximum Gasteiger partial charge on any atom is 0.0920 e. The molecule has 0 spiro atoms. The number of aliphatic hydroxyl groups excluding tert-OH is 1. The lowest BCUT2D eigenvalue weighted by molar-refractivity contribution is 0.304. The lowest BCUT2D eigenvalue weighted by Crippen LogP contribution is -2.13. The molecule has 2 fully saturated rings. The minimum Gasteiger partial charge on any atom is -0.400 e. The van der Waals surface area contributed by atoms with Crippen molar-refractivity contribution in [2.75, 3.05) is 7.11 Å². The normalized spacial score (nSPS) is 42.9. The Morgan fingerprint density at radius 1 is 1.40 bits per heavy atom. The molecule has 0 aromatic rings. The highest BCUT2D eigenvalue weighted by Gasteiger charge is 2.52. The summed E-state index contributed by atoms with van der Waals surface area (Å²) in [6.45, 7) is 2.23. The van der Waals surface area contributed by atoms with E-state index in [9.17, 15) is 0 Å². The van der Waals surface area contributed by atoms with Crippen molar-refractivity contribution in [1.29, 1.82) is 0 Å². The van der Waals surface area contributed by atoms with Crippen LogP contribution in [0.1, 0.15) is 32.6 Å². The van der Waals surface area contributed by atoms with Crippen LogP contribution in [0, 0.1) is 0 Å². The first kappa shape index (κ1) is 8.02. The summed E-state index contributed by atoms with van der Waals surface area (Å²) in [6, 6.07) is 0. The van der Waals surface area contributed by atoms with Gasteiger partial charge in [0.1, 0.15) is 0 Å². The fourth-order valence-corrected chi connectivity index (χ4v) is 1.68. The Morgan fingerprint density at radius 2 is 2.10 bits per heavy atom. The topological polar surface area (TPSA) is 32.8 Å². The molecule has 10 heavy (non-hydrogen) atoms. The first-order chi connectivity index (χ1) is 4.81. The fraction of sp³-hybridized carbons (Fsp3) is 1.00. The van der Waals surface area contributed by atoms with E-state index in [1.807, 2.05) is 0 Å². The van der Waals surface area contributed by atoms with E-state index in [0.29, 0.717) is 11.7 Å². The van der Waals surface area contributed by atoms with Crippen molar-refractivity contribution in [2.24, 2.45) is 0 Å². The molecule has 1 saturated heterocycles. The largest absolute Gasteiger partial charge is 0.400 e. The highest BCUT2D eigenvalue weighted by Crippen LogP contribution is 2.46. The van der Waals surface area contributed by atoms with Gasteiger partial charge in [0.15, 0.2) is 0 Å². The van der Waals surface area contributed by atoms with E-state index < -0.39 is 0 Å². The van der Waals surface area contributed by atoms with Gasteiger partial charge in [-0.2, -0.15) is 0 Å². The van der Waals surface area contributed by atoms with Crippen molar-refractivity contribution < 1.29 is 9.84 Å². The number of epoxide rings is 1. The van der Waals surface area contributed by atoms with E-state index in [4.69, 9.17) is 9.84 Å². The van der Waals surface area contributed by atoms with Crippen LogP contribution in [0.3, 0.4) is 0 Å². The highest BCUT2D eigenvalue weighted by atomic mass is 16.6. The maximum atomic E-state index is 7.00. The summed E-state index contributed by atoms with van der Waals surface area (Å²) in [7, 11) is 1.00. The van der Waals surface area contributed by atoms with Crippen LogP contribution in [0.25, 0.3) is 0 Å². The second-order valence-electron chi connectivity index (χ2n) is 3.16. The monoisotopic (exact) mass is 144 g/mol. The first-order valence-electron chi connectivity index (χ1n) is 3.94. The molecule has 1 saturated carbocycles. The van der Waals surface area contributed by atoms with Crippen LogP contribution in [0.15, 0.2) is 0 Å². The van der Waals surface area contributed by atoms with Gasteiger partial charge in [0.05, 0.1) is 11.7 Å². The van der Waals surface area contributed by atoms with Gasteiger partial charge in [0.2, 0.25) is 0 Å². The highest BCUT2D eigenvalue weighted by molar-refractivity contribution is 5.01. The second kappa shape index (κ2) is 2.89. The molecule has 1 heterocycles. The smallest absolute Gasteiger partial charge is 0.0920 e. The quantitative estimate of drug-likeness (QED) is 0.520. The predicted octanol–water partition coefficient (Wildman–Crippen LogP) is 1.33. The van der Waals surface area contributed by atoms with Crippen molar-refractivity contribution >= 4 is 0 Å². The Labute approximate surface area is 62.2 Å². The summed E-state index contributed by atoms with van der Waals surface area (Å²) in [6.07, 6.45) is 6.04. The molecule has 0 amide bonds. The van der Waals surface area contributed by atoms with Crippen LogP contribution in [-0.2, 0) is 4.74 Å². The van der Waals surface area contributed by atoms with Gasteiger partial charge in [-0.1, -0.05) is 12.8 Å². The second-order valence-corrected chi connectivity index (χ2v) is 3.16. The minimum atomic E-state index is 0.345. The van der Waals surface area contributed by atoms with Crippen LogP contribution < -0.4 is 0 Å². The van der Waals surface area contributed by atoms with Gasteiger partial charge in [0.25, 0.3) is 0 Å². The molecular weight excluding hydrogens is 128 g/mol. The van der Waals surface area contributed by atoms with Gasteiger partial charge in [-0.3, -0.25) is 0 Å². The maximum absolute atomic E-state index is 7.00. The van der Waals surface area contributed by atoms with Gasteiger partial charge in [0, 0.05) is 7.11 Å². The molecule has 2 heteroatoms. The van der Waals surface area contributed by atoms with Gasteiger partial charge in [-0.05, 0) is 19.8 Å². The van der Waals surface area contributed by atoms with Crippen molar-refractivity contribution in [2.45, 2.75) is 44.3 Å². The third-order valence-corrected chi connectivity index (χ3v) is 2.42. The third kappa shape index (κ3) is 1.32. The lowest BCUT2D eigenvalue weighted by Gasteiger charge is -2.09. The molecule has 1 aliphatic carbocycles. The van der Waals surface area contributed by atoms with Crippen LogP contribution in [0.5, 0.6) is 0 Å². The van der Waals surface area contributed by atoms with Crippen LogP contribution in [0.4, 0.5) is 0 Å². The Balaban J connectivity index is 0.000000231. The molecule has 1 N–H and O–H groups in total. The number of aliphatic hydroxyl groups is 1.